The largest absolute Gasteiger partial charge is 0.756 e. The first-order valence-corrected chi connectivity index (χ1v) is 37.4. The first kappa shape index (κ1) is 79.8. The number of nitrogens with zero attached hydrogens (tertiary/aromatic N) is 1. The molecule has 81 heavy (non-hydrogen) atoms. The Labute approximate surface area is 505 Å². The Morgan fingerprint density at radius 3 is 0.914 bits per heavy atom. The SMILES string of the molecule is CCCCCCCC/C=C\CCCCCCCCCC(=O)OC(COC(=O)CCCCCCCCCCCCCCCCCCCCCCCCCCCCCCCCCCCCCCCCCC)COP(=O)([O-])OCC[N+](C)(C)C. The van der Waals surface area contributed by atoms with Crippen LogP contribution in [0.2, 0.25) is 0 Å². The van der Waals surface area contributed by atoms with Gasteiger partial charge in [-0.05, 0) is 38.5 Å². The molecule has 9 nitrogen and oxygen atoms in total. The number of quaternary nitrogens is 1. The summed E-state index contributed by atoms with van der Waals surface area (Å²) in [5.74, 6) is -0.817. The zero-order valence-electron chi connectivity index (χ0n) is 55.0. The number of hydrogen-bond donors (Lipinski definition) is 0. The molecule has 0 aliphatic rings. The van der Waals surface area contributed by atoms with Crippen LogP contribution in [0.3, 0.4) is 0 Å². The van der Waals surface area contributed by atoms with E-state index in [0.29, 0.717) is 17.4 Å². The number of phosphoric acid groups is 1. The molecule has 2 atom stereocenters. The minimum atomic E-state index is -4.63. The molecule has 0 N–H and O–H groups in total. The molecule has 0 rings (SSSR count). The van der Waals surface area contributed by atoms with Gasteiger partial charge in [-0.2, -0.15) is 0 Å². The monoisotopic (exact) mass is 1170 g/mol. The summed E-state index contributed by atoms with van der Waals surface area (Å²) in [7, 11) is 1.18. The first-order valence-electron chi connectivity index (χ1n) is 35.9. The summed E-state index contributed by atoms with van der Waals surface area (Å²) in [6.07, 6.45) is 77.6. The molecular weight excluding hydrogens is 1030 g/mol. The van der Waals surface area contributed by atoms with Gasteiger partial charge in [-0.15, -0.1) is 0 Å². The van der Waals surface area contributed by atoms with E-state index in [4.69, 9.17) is 18.5 Å². The predicted octanol–water partition coefficient (Wildman–Crippen LogP) is 22.5. The van der Waals surface area contributed by atoms with E-state index in [2.05, 4.69) is 26.0 Å². The molecule has 0 fully saturated rings. The maximum atomic E-state index is 12.8. The van der Waals surface area contributed by atoms with Gasteiger partial charge in [-0.3, -0.25) is 14.2 Å². The highest BCUT2D eigenvalue weighted by Crippen LogP contribution is 2.38. The minimum Gasteiger partial charge on any atom is -0.756 e. The van der Waals surface area contributed by atoms with Gasteiger partial charge in [-0.25, -0.2) is 0 Å². The fourth-order valence-corrected chi connectivity index (χ4v) is 11.7. The quantitative estimate of drug-likeness (QED) is 0.0195. The molecule has 0 saturated heterocycles. The first-order chi connectivity index (χ1) is 39.5. The lowest BCUT2D eigenvalue weighted by molar-refractivity contribution is -0.870. The highest BCUT2D eigenvalue weighted by molar-refractivity contribution is 7.45. The van der Waals surface area contributed by atoms with Crippen LogP contribution in [0.4, 0.5) is 0 Å². The Morgan fingerprint density at radius 1 is 0.370 bits per heavy atom. The van der Waals surface area contributed by atoms with Crippen LogP contribution in [0.15, 0.2) is 12.2 Å². The van der Waals surface area contributed by atoms with E-state index in [1.807, 2.05) is 21.1 Å². The Morgan fingerprint density at radius 2 is 0.630 bits per heavy atom. The van der Waals surface area contributed by atoms with Crippen molar-refractivity contribution in [3.63, 3.8) is 0 Å². The normalized spacial score (nSPS) is 13.1. The number of allylic oxidation sites excluding steroid dienone is 2. The van der Waals surface area contributed by atoms with E-state index < -0.39 is 26.5 Å². The standard InChI is InChI=1S/C71H140NO8P/c1-6-8-10-12-14-16-18-20-22-24-25-26-27-28-29-30-31-32-33-34-35-36-37-38-39-40-41-42-43-44-45-46-48-49-51-53-55-57-59-61-63-70(73)77-67-69(68-79-81(75,76)78-66-65-72(3,4)5)80-71(74)64-62-60-58-56-54-52-50-47-23-21-19-17-15-13-11-9-7-2/h21,23,69H,6-20,22,24-68H2,1-5H3/b23-21-. The maximum absolute atomic E-state index is 12.8. The molecule has 0 amide bonds. The van der Waals surface area contributed by atoms with Crippen LogP contribution in [-0.2, 0) is 32.7 Å². The molecule has 0 radical (unpaired) electrons. The van der Waals surface area contributed by atoms with Crippen molar-refractivity contribution in [2.24, 2.45) is 0 Å². The molecule has 0 spiro atoms. The third-order valence-electron chi connectivity index (χ3n) is 16.5. The van der Waals surface area contributed by atoms with Crippen molar-refractivity contribution in [1.29, 1.82) is 0 Å². The lowest BCUT2D eigenvalue weighted by Crippen LogP contribution is -2.37. The number of carbonyl (C=O) groups is 2. The van der Waals surface area contributed by atoms with Crippen LogP contribution in [0.5, 0.6) is 0 Å². The highest BCUT2D eigenvalue weighted by atomic mass is 31.2. The van der Waals surface area contributed by atoms with Crippen molar-refractivity contribution < 1.29 is 42.1 Å². The maximum Gasteiger partial charge on any atom is 0.306 e. The molecule has 0 aromatic carbocycles. The van der Waals surface area contributed by atoms with Crippen LogP contribution in [-0.4, -0.2) is 70.0 Å². The third kappa shape index (κ3) is 67.7. The van der Waals surface area contributed by atoms with E-state index in [1.54, 1.807) is 0 Å². The number of carbonyl (C=O) groups excluding carboxylic acids is 2. The molecular formula is C71H140NO8P. The lowest BCUT2D eigenvalue weighted by atomic mass is 10.0. The van der Waals surface area contributed by atoms with Gasteiger partial charge in [0.2, 0.25) is 0 Å². The van der Waals surface area contributed by atoms with E-state index in [0.717, 1.165) is 44.9 Å². The van der Waals surface area contributed by atoms with E-state index in [-0.39, 0.29) is 32.0 Å². The van der Waals surface area contributed by atoms with Crippen LogP contribution < -0.4 is 4.89 Å². The summed E-state index contributed by atoms with van der Waals surface area (Å²) in [6, 6.07) is 0. The molecule has 0 heterocycles. The molecule has 0 aromatic rings. The minimum absolute atomic E-state index is 0.0279. The van der Waals surface area contributed by atoms with Crippen molar-refractivity contribution in [3.8, 4) is 0 Å². The molecule has 0 aliphatic heterocycles. The van der Waals surface area contributed by atoms with Crippen LogP contribution in [0.1, 0.15) is 380 Å². The van der Waals surface area contributed by atoms with Gasteiger partial charge in [0, 0.05) is 12.8 Å². The zero-order chi connectivity index (χ0) is 59.1. The summed E-state index contributed by atoms with van der Waals surface area (Å²) in [6.45, 7) is 4.30. The second kappa shape index (κ2) is 63.3. The van der Waals surface area contributed by atoms with Gasteiger partial charge in [0.15, 0.2) is 6.10 Å². The number of ether oxygens (including phenoxy) is 2. The number of phosphoric ester groups is 1. The topological polar surface area (TPSA) is 111 Å². The Kier molecular flexibility index (Phi) is 62.3. The fraction of sp³-hybridized carbons (Fsp3) is 0.944. The molecule has 0 aliphatic carbocycles. The highest BCUT2D eigenvalue weighted by Gasteiger charge is 2.22. The second-order valence-electron chi connectivity index (χ2n) is 26.0. The lowest BCUT2D eigenvalue weighted by Gasteiger charge is -2.28. The Hall–Kier alpha value is -1.25. The van der Waals surface area contributed by atoms with Crippen molar-refractivity contribution in [2.75, 3.05) is 47.5 Å². The van der Waals surface area contributed by atoms with Gasteiger partial charge in [0.05, 0.1) is 27.7 Å². The number of esters is 2. The molecule has 0 bridgehead atoms. The van der Waals surface area contributed by atoms with Gasteiger partial charge >= 0.3 is 11.9 Å². The average Bonchev–Trinajstić information content (AvgIpc) is 3.43. The zero-order valence-corrected chi connectivity index (χ0v) is 55.9. The molecule has 0 aromatic heterocycles. The predicted molar refractivity (Wildman–Crippen MR) is 347 cm³/mol. The van der Waals surface area contributed by atoms with E-state index in [1.165, 1.54) is 302 Å². The summed E-state index contributed by atoms with van der Waals surface area (Å²) < 4.78 is 34.3. The summed E-state index contributed by atoms with van der Waals surface area (Å²) in [4.78, 5) is 38.0. The van der Waals surface area contributed by atoms with Crippen LogP contribution in [0.25, 0.3) is 0 Å². The van der Waals surface area contributed by atoms with Crippen molar-refractivity contribution in [1.82, 2.24) is 0 Å². The Bertz CT molecular complexity index is 1370. The van der Waals surface area contributed by atoms with Crippen molar-refractivity contribution >= 4 is 19.8 Å². The molecule has 10 heteroatoms. The third-order valence-corrected chi connectivity index (χ3v) is 17.5. The number of rotatable bonds is 68. The summed E-state index contributed by atoms with van der Waals surface area (Å²) in [5.41, 5.74) is 0. The summed E-state index contributed by atoms with van der Waals surface area (Å²) >= 11 is 0. The smallest absolute Gasteiger partial charge is 0.306 e. The van der Waals surface area contributed by atoms with Crippen LogP contribution >= 0.6 is 7.82 Å². The van der Waals surface area contributed by atoms with E-state index in [9.17, 15) is 19.0 Å². The van der Waals surface area contributed by atoms with Crippen molar-refractivity contribution in [2.45, 2.75) is 386 Å². The Balaban J connectivity index is 3.82. The molecule has 0 saturated carbocycles. The van der Waals surface area contributed by atoms with Gasteiger partial charge in [0.25, 0.3) is 7.82 Å². The van der Waals surface area contributed by atoms with Crippen LogP contribution in [0, 0.1) is 0 Å². The average molecular weight is 1170 g/mol. The molecule has 2 unspecified atom stereocenters. The van der Waals surface area contributed by atoms with Gasteiger partial charge < -0.3 is 27.9 Å². The van der Waals surface area contributed by atoms with Gasteiger partial charge in [-0.1, -0.05) is 341 Å². The number of likely N-dealkylation sites (N-methyl/N-ethyl adjacent to an activating group) is 1. The second-order valence-corrected chi connectivity index (χ2v) is 27.4. The summed E-state index contributed by atoms with van der Waals surface area (Å²) in [5, 5.41) is 0. The van der Waals surface area contributed by atoms with E-state index >= 15 is 0 Å². The fourth-order valence-electron chi connectivity index (χ4n) is 11.0. The number of unbranched alkanes of at least 4 members (excludes halogenated alkanes) is 52. The molecule has 482 valence electrons. The van der Waals surface area contributed by atoms with Gasteiger partial charge in [0.1, 0.15) is 19.8 Å². The number of hydrogen-bond acceptors (Lipinski definition) is 8. The van der Waals surface area contributed by atoms with Crippen molar-refractivity contribution in [3.05, 3.63) is 12.2 Å².